The minimum atomic E-state index is -0.159. The number of aromatic nitrogens is 2. The Morgan fingerprint density at radius 3 is 2.74 bits per heavy atom. The summed E-state index contributed by atoms with van der Waals surface area (Å²) in [5.74, 6) is 0.446. The van der Waals surface area contributed by atoms with Gasteiger partial charge in [0.05, 0.1) is 11.7 Å². The van der Waals surface area contributed by atoms with Crippen LogP contribution in [0.15, 0.2) is 46.8 Å². The fourth-order valence-electron chi connectivity index (χ4n) is 3.77. The predicted molar refractivity (Wildman–Crippen MR) is 109 cm³/mol. The van der Waals surface area contributed by atoms with Gasteiger partial charge in [-0.05, 0) is 24.3 Å². The van der Waals surface area contributed by atoms with Crippen LogP contribution in [0.1, 0.15) is 32.1 Å². The maximum absolute atomic E-state index is 13.0. The van der Waals surface area contributed by atoms with E-state index in [1.165, 1.54) is 54.3 Å². The van der Waals surface area contributed by atoms with E-state index in [0.29, 0.717) is 22.7 Å². The van der Waals surface area contributed by atoms with Gasteiger partial charge in [-0.15, -0.1) is 11.3 Å². The number of hydrogen-bond acceptors (Lipinski definition) is 4. The van der Waals surface area contributed by atoms with E-state index in [-0.39, 0.29) is 18.0 Å². The van der Waals surface area contributed by atoms with E-state index >= 15 is 0 Å². The van der Waals surface area contributed by atoms with Crippen molar-refractivity contribution in [3.05, 3.63) is 52.4 Å². The average Bonchev–Trinajstić information content (AvgIpc) is 3.15. The van der Waals surface area contributed by atoms with Crippen molar-refractivity contribution in [2.45, 2.75) is 38.6 Å². The van der Waals surface area contributed by atoms with Crippen molar-refractivity contribution < 1.29 is 4.79 Å². The minimum absolute atomic E-state index is 0.0125. The SMILES string of the molecule is O=C(Cn1cnc2scc(-c3ccccc3)c2c1=O)NCC1CCCCC1. The first-order valence-electron chi connectivity index (χ1n) is 9.51. The molecule has 3 aromatic rings. The van der Waals surface area contributed by atoms with Crippen LogP contribution in [0.25, 0.3) is 21.3 Å². The molecule has 0 bridgehead atoms. The van der Waals surface area contributed by atoms with Gasteiger partial charge in [0.2, 0.25) is 5.91 Å². The van der Waals surface area contributed by atoms with Gasteiger partial charge in [0.1, 0.15) is 11.4 Å². The van der Waals surface area contributed by atoms with Crippen molar-refractivity contribution in [2.24, 2.45) is 5.92 Å². The van der Waals surface area contributed by atoms with Crippen molar-refractivity contribution in [1.29, 1.82) is 0 Å². The Labute approximate surface area is 162 Å². The van der Waals surface area contributed by atoms with E-state index in [4.69, 9.17) is 0 Å². The summed E-state index contributed by atoms with van der Waals surface area (Å²) < 4.78 is 1.41. The molecule has 1 saturated carbocycles. The molecule has 1 amide bonds. The molecule has 0 unspecified atom stereocenters. The maximum Gasteiger partial charge on any atom is 0.263 e. The first-order chi connectivity index (χ1) is 13.2. The summed E-state index contributed by atoms with van der Waals surface area (Å²) in [7, 11) is 0. The number of amides is 1. The lowest BCUT2D eigenvalue weighted by Crippen LogP contribution is -2.35. The monoisotopic (exact) mass is 381 g/mol. The Bertz CT molecular complexity index is 988. The highest BCUT2D eigenvalue weighted by atomic mass is 32.1. The number of thiophene rings is 1. The van der Waals surface area contributed by atoms with E-state index in [1.807, 2.05) is 35.7 Å². The van der Waals surface area contributed by atoms with Crippen molar-refractivity contribution in [3.8, 4) is 11.1 Å². The maximum atomic E-state index is 13.0. The lowest BCUT2D eigenvalue weighted by atomic mass is 9.89. The molecule has 4 rings (SSSR count). The molecule has 0 radical (unpaired) electrons. The zero-order chi connectivity index (χ0) is 18.6. The lowest BCUT2D eigenvalue weighted by molar-refractivity contribution is -0.121. The van der Waals surface area contributed by atoms with Gasteiger partial charge in [-0.1, -0.05) is 49.6 Å². The molecule has 1 N–H and O–H groups in total. The van der Waals surface area contributed by atoms with Crippen LogP contribution < -0.4 is 10.9 Å². The highest BCUT2D eigenvalue weighted by Gasteiger charge is 2.16. The first kappa shape index (κ1) is 17.9. The smallest absolute Gasteiger partial charge is 0.263 e. The van der Waals surface area contributed by atoms with Gasteiger partial charge in [-0.3, -0.25) is 14.2 Å². The van der Waals surface area contributed by atoms with Crippen LogP contribution in [0, 0.1) is 5.92 Å². The predicted octanol–water partition coefficient (Wildman–Crippen LogP) is 3.82. The fraction of sp³-hybridized carbons (Fsp3) is 0.381. The van der Waals surface area contributed by atoms with Crippen molar-refractivity contribution in [3.63, 3.8) is 0 Å². The molecular weight excluding hydrogens is 358 g/mol. The van der Waals surface area contributed by atoms with Gasteiger partial charge in [-0.25, -0.2) is 4.98 Å². The zero-order valence-corrected chi connectivity index (χ0v) is 16.0. The largest absolute Gasteiger partial charge is 0.354 e. The molecule has 140 valence electrons. The number of fused-ring (bicyclic) bond motifs is 1. The normalized spacial score (nSPS) is 15.1. The van der Waals surface area contributed by atoms with Crippen LogP contribution in [0.3, 0.4) is 0 Å². The summed E-state index contributed by atoms with van der Waals surface area (Å²) in [4.78, 5) is 30.4. The van der Waals surface area contributed by atoms with Crippen LogP contribution in [0.4, 0.5) is 0 Å². The van der Waals surface area contributed by atoms with Gasteiger partial charge >= 0.3 is 0 Å². The van der Waals surface area contributed by atoms with Crippen molar-refractivity contribution in [2.75, 3.05) is 6.54 Å². The third-order valence-corrected chi connectivity index (χ3v) is 6.16. The number of hydrogen-bond donors (Lipinski definition) is 1. The highest BCUT2D eigenvalue weighted by Crippen LogP contribution is 2.30. The molecule has 5 nitrogen and oxygen atoms in total. The minimum Gasteiger partial charge on any atom is -0.354 e. The Hall–Kier alpha value is -2.47. The van der Waals surface area contributed by atoms with E-state index in [9.17, 15) is 9.59 Å². The first-order valence-corrected chi connectivity index (χ1v) is 10.4. The highest BCUT2D eigenvalue weighted by molar-refractivity contribution is 7.17. The number of rotatable bonds is 5. The number of nitrogens with one attached hydrogen (secondary N) is 1. The van der Waals surface area contributed by atoms with Gasteiger partial charge in [0.25, 0.3) is 5.56 Å². The van der Waals surface area contributed by atoms with E-state index in [2.05, 4.69) is 10.3 Å². The Morgan fingerprint density at radius 1 is 1.19 bits per heavy atom. The molecule has 1 aliphatic rings. The van der Waals surface area contributed by atoms with Crippen LogP contribution in [-0.2, 0) is 11.3 Å². The van der Waals surface area contributed by atoms with Gasteiger partial charge in [0.15, 0.2) is 0 Å². The second-order valence-electron chi connectivity index (χ2n) is 7.18. The number of carbonyl (C=O) groups is 1. The molecule has 0 atom stereocenters. The third-order valence-electron chi connectivity index (χ3n) is 5.27. The average molecular weight is 382 g/mol. The van der Waals surface area contributed by atoms with E-state index in [0.717, 1.165) is 11.1 Å². The Kier molecular flexibility index (Phi) is 5.34. The topological polar surface area (TPSA) is 64.0 Å². The van der Waals surface area contributed by atoms with E-state index < -0.39 is 0 Å². The van der Waals surface area contributed by atoms with Gasteiger partial charge in [-0.2, -0.15) is 0 Å². The van der Waals surface area contributed by atoms with Crippen molar-refractivity contribution in [1.82, 2.24) is 14.9 Å². The molecule has 0 aliphatic heterocycles. The third kappa shape index (κ3) is 3.95. The summed E-state index contributed by atoms with van der Waals surface area (Å²) in [6.45, 7) is 0.718. The summed E-state index contributed by atoms with van der Waals surface area (Å²) in [6, 6.07) is 9.81. The Balaban J connectivity index is 1.53. The quantitative estimate of drug-likeness (QED) is 0.731. The second-order valence-corrected chi connectivity index (χ2v) is 8.04. The molecule has 1 aromatic carbocycles. The molecule has 0 spiro atoms. The molecular formula is C21H23N3O2S. The molecule has 1 fully saturated rings. The molecule has 1 aliphatic carbocycles. The summed E-state index contributed by atoms with van der Waals surface area (Å²) in [5, 5.41) is 5.54. The van der Waals surface area contributed by atoms with Crippen LogP contribution in [0.2, 0.25) is 0 Å². The summed E-state index contributed by atoms with van der Waals surface area (Å²) in [6.07, 6.45) is 7.65. The second kappa shape index (κ2) is 8.05. The molecule has 2 heterocycles. The standard InChI is InChI=1S/C21H23N3O2S/c25-18(22-11-15-7-3-1-4-8-15)12-24-14-23-20-19(21(24)26)17(13-27-20)16-9-5-2-6-10-16/h2,5-6,9-10,13-15H,1,3-4,7-8,11-12H2,(H,22,25). The number of nitrogens with zero attached hydrogens (tertiary/aromatic N) is 2. The van der Waals surface area contributed by atoms with Crippen molar-refractivity contribution >= 4 is 27.5 Å². The molecule has 6 heteroatoms. The van der Waals surface area contributed by atoms with E-state index in [1.54, 1.807) is 0 Å². The molecule has 27 heavy (non-hydrogen) atoms. The number of benzene rings is 1. The fourth-order valence-corrected chi connectivity index (χ4v) is 4.68. The lowest BCUT2D eigenvalue weighted by Gasteiger charge is -2.21. The summed E-state index contributed by atoms with van der Waals surface area (Å²) in [5.41, 5.74) is 1.71. The molecule has 0 saturated heterocycles. The van der Waals surface area contributed by atoms with Crippen LogP contribution in [0.5, 0.6) is 0 Å². The number of carbonyl (C=O) groups excluding carboxylic acids is 1. The van der Waals surface area contributed by atoms with Gasteiger partial charge < -0.3 is 5.32 Å². The Morgan fingerprint density at radius 2 is 1.96 bits per heavy atom. The van der Waals surface area contributed by atoms with Gasteiger partial charge in [0, 0.05) is 17.5 Å². The summed E-state index contributed by atoms with van der Waals surface area (Å²) >= 11 is 1.45. The van der Waals surface area contributed by atoms with Crippen LogP contribution in [-0.4, -0.2) is 22.0 Å². The zero-order valence-electron chi connectivity index (χ0n) is 15.2. The molecule has 2 aromatic heterocycles. The van der Waals surface area contributed by atoms with Crippen LogP contribution >= 0.6 is 11.3 Å².